The van der Waals surface area contributed by atoms with Crippen molar-refractivity contribution in [1.29, 1.82) is 0 Å². The van der Waals surface area contributed by atoms with E-state index in [1.54, 1.807) is 42.5 Å². The molecule has 0 saturated carbocycles. The molecule has 0 aliphatic carbocycles. The number of amides is 1. The van der Waals surface area contributed by atoms with Crippen molar-refractivity contribution in [3.63, 3.8) is 0 Å². The lowest BCUT2D eigenvalue weighted by atomic mass is 9.95. The SMILES string of the molecule is CCOc1cc(C2/C(=C(\O)c3ccc(OC)cc3)C(=O)C(=O)N2c2nnc(SCc3ccc(Cl)cc3)s2)ccc1OCc1ccccc1. The number of halogens is 1. The predicted octanol–water partition coefficient (Wildman–Crippen LogP) is 8.10. The van der Waals surface area contributed by atoms with Crippen LogP contribution in [-0.2, 0) is 21.9 Å². The zero-order valence-electron chi connectivity index (χ0n) is 26.0. The molecular formula is C36H30ClN3O6S2. The number of nitrogens with zero attached hydrogens (tertiary/aromatic N) is 3. The van der Waals surface area contributed by atoms with Gasteiger partial charge in [0, 0.05) is 16.3 Å². The van der Waals surface area contributed by atoms with E-state index in [9.17, 15) is 14.7 Å². The van der Waals surface area contributed by atoms with Crippen molar-refractivity contribution in [3.8, 4) is 17.2 Å². The van der Waals surface area contributed by atoms with Gasteiger partial charge in [-0.2, -0.15) is 0 Å². The van der Waals surface area contributed by atoms with Crippen molar-refractivity contribution >= 4 is 57.3 Å². The highest BCUT2D eigenvalue weighted by Gasteiger charge is 2.48. The number of aliphatic hydroxyl groups excluding tert-OH is 1. The third-order valence-electron chi connectivity index (χ3n) is 7.51. The average molecular weight is 700 g/mol. The molecule has 1 saturated heterocycles. The van der Waals surface area contributed by atoms with Crippen molar-refractivity contribution in [3.05, 3.63) is 130 Å². The maximum absolute atomic E-state index is 13.8. The fourth-order valence-corrected chi connectivity index (χ4v) is 7.10. The number of thioether (sulfide) groups is 1. The number of rotatable bonds is 12. The number of anilines is 1. The van der Waals surface area contributed by atoms with E-state index in [2.05, 4.69) is 10.2 Å². The summed E-state index contributed by atoms with van der Waals surface area (Å²) < 4.78 is 17.9. The molecule has 1 aliphatic rings. The summed E-state index contributed by atoms with van der Waals surface area (Å²) in [6, 6.07) is 28.0. The molecule has 1 fully saturated rings. The number of carbonyl (C=O) groups excluding carboxylic acids is 2. The number of aromatic nitrogens is 2. The molecule has 244 valence electrons. The van der Waals surface area contributed by atoms with Crippen molar-refractivity contribution in [1.82, 2.24) is 10.2 Å². The maximum Gasteiger partial charge on any atom is 0.301 e. The summed E-state index contributed by atoms with van der Waals surface area (Å²) in [6.45, 7) is 2.52. The number of aliphatic hydroxyl groups is 1. The summed E-state index contributed by atoms with van der Waals surface area (Å²) in [5.41, 5.74) is 2.81. The average Bonchev–Trinajstić information content (AvgIpc) is 3.69. The molecule has 0 radical (unpaired) electrons. The molecule has 48 heavy (non-hydrogen) atoms. The second kappa shape index (κ2) is 14.9. The fourth-order valence-electron chi connectivity index (χ4n) is 5.15. The summed E-state index contributed by atoms with van der Waals surface area (Å²) in [5, 5.41) is 21.1. The first-order valence-corrected chi connectivity index (χ1v) is 17.1. The molecule has 6 rings (SSSR count). The summed E-state index contributed by atoms with van der Waals surface area (Å²) in [7, 11) is 1.54. The number of benzene rings is 4. The van der Waals surface area contributed by atoms with Gasteiger partial charge >= 0.3 is 5.91 Å². The van der Waals surface area contributed by atoms with Crippen LogP contribution in [0.5, 0.6) is 17.2 Å². The molecular weight excluding hydrogens is 670 g/mol. The van der Waals surface area contributed by atoms with E-state index in [4.69, 9.17) is 25.8 Å². The molecule has 5 aromatic rings. The molecule has 1 N–H and O–H groups in total. The first kappa shape index (κ1) is 33.1. The van der Waals surface area contributed by atoms with Crippen LogP contribution in [0.15, 0.2) is 107 Å². The van der Waals surface area contributed by atoms with Crippen LogP contribution < -0.4 is 19.1 Å². The van der Waals surface area contributed by atoms with E-state index < -0.39 is 17.7 Å². The van der Waals surface area contributed by atoms with Crippen LogP contribution in [0.2, 0.25) is 5.02 Å². The number of methoxy groups -OCH3 is 1. The minimum atomic E-state index is -1.03. The van der Waals surface area contributed by atoms with Crippen LogP contribution >= 0.6 is 34.7 Å². The number of hydrogen-bond donors (Lipinski definition) is 1. The number of carbonyl (C=O) groups is 2. The largest absolute Gasteiger partial charge is 0.507 e. The minimum Gasteiger partial charge on any atom is -0.507 e. The second-order valence-corrected chi connectivity index (χ2v) is 13.2. The topological polar surface area (TPSA) is 111 Å². The van der Waals surface area contributed by atoms with E-state index >= 15 is 0 Å². The molecule has 1 amide bonds. The Morgan fingerprint density at radius 2 is 1.67 bits per heavy atom. The third-order valence-corrected chi connectivity index (χ3v) is 9.88. The maximum atomic E-state index is 13.8. The molecule has 0 bridgehead atoms. The van der Waals surface area contributed by atoms with E-state index in [0.29, 0.717) is 56.7 Å². The van der Waals surface area contributed by atoms with Gasteiger partial charge in [-0.05, 0) is 72.1 Å². The molecule has 12 heteroatoms. The van der Waals surface area contributed by atoms with Gasteiger partial charge in [0.2, 0.25) is 5.13 Å². The van der Waals surface area contributed by atoms with Gasteiger partial charge in [0.25, 0.3) is 5.78 Å². The lowest BCUT2D eigenvalue weighted by Gasteiger charge is -2.23. The normalized spacial score (nSPS) is 15.5. The van der Waals surface area contributed by atoms with E-state index in [1.807, 2.05) is 61.5 Å². The van der Waals surface area contributed by atoms with Gasteiger partial charge < -0.3 is 19.3 Å². The zero-order valence-corrected chi connectivity index (χ0v) is 28.3. The Labute approximate surface area is 290 Å². The van der Waals surface area contributed by atoms with Crippen LogP contribution in [0, 0.1) is 0 Å². The Kier molecular flexibility index (Phi) is 10.3. The fraction of sp³-hybridized carbons (Fsp3) is 0.167. The van der Waals surface area contributed by atoms with E-state index in [1.165, 1.54) is 35.1 Å². The smallest absolute Gasteiger partial charge is 0.301 e. The first-order chi connectivity index (χ1) is 23.4. The van der Waals surface area contributed by atoms with Crippen molar-refractivity contribution in [2.75, 3.05) is 18.6 Å². The molecule has 1 aliphatic heterocycles. The number of ketones is 1. The van der Waals surface area contributed by atoms with Gasteiger partial charge in [0.15, 0.2) is 15.8 Å². The predicted molar refractivity (Wildman–Crippen MR) is 187 cm³/mol. The quantitative estimate of drug-likeness (QED) is 0.0454. The molecule has 1 atom stereocenters. The third kappa shape index (κ3) is 7.18. The zero-order chi connectivity index (χ0) is 33.6. The number of Topliss-reactive ketones (excluding diaryl/α,β-unsaturated/α-hetero) is 1. The highest BCUT2D eigenvalue weighted by molar-refractivity contribution is 8.00. The molecule has 1 unspecified atom stereocenters. The summed E-state index contributed by atoms with van der Waals surface area (Å²) in [5.74, 6) is 0.101. The Morgan fingerprint density at radius 3 is 2.38 bits per heavy atom. The van der Waals surface area contributed by atoms with E-state index in [-0.39, 0.29) is 16.5 Å². The van der Waals surface area contributed by atoms with Gasteiger partial charge in [-0.3, -0.25) is 14.5 Å². The van der Waals surface area contributed by atoms with Crippen LogP contribution in [0.25, 0.3) is 5.76 Å². The number of hydrogen-bond acceptors (Lipinski definition) is 10. The Bertz CT molecular complexity index is 1950. The minimum absolute atomic E-state index is 0.0869. The van der Waals surface area contributed by atoms with Gasteiger partial charge in [0.05, 0.1) is 25.3 Å². The summed E-state index contributed by atoms with van der Waals surface area (Å²) in [6.07, 6.45) is 0. The molecule has 4 aromatic carbocycles. The van der Waals surface area contributed by atoms with Crippen molar-refractivity contribution < 1.29 is 28.9 Å². The second-order valence-electron chi connectivity index (χ2n) is 10.6. The summed E-state index contributed by atoms with van der Waals surface area (Å²) >= 11 is 8.66. The Hall–Kier alpha value is -4.84. The molecule has 9 nitrogen and oxygen atoms in total. The van der Waals surface area contributed by atoms with Crippen LogP contribution in [0.4, 0.5) is 5.13 Å². The van der Waals surface area contributed by atoms with Crippen LogP contribution in [0.3, 0.4) is 0 Å². The Balaban J connectivity index is 1.39. The lowest BCUT2D eigenvalue weighted by molar-refractivity contribution is -0.132. The first-order valence-electron chi connectivity index (χ1n) is 15.0. The molecule has 0 spiro atoms. The standard InChI is InChI=1S/C36H30ClN3O6S2/c1-3-45-29-19-25(13-18-28(29)46-20-22-7-5-4-6-8-22)31-30(32(41)24-11-16-27(44-2)17-12-24)33(42)34(43)40(31)35-38-39-36(48-35)47-21-23-9-14-26(37)15-10-23/h4-19,31,41H,3,20-21H2,1-2H3/b32-30+. The van der Waals surface area contributed by atoms with Crippen LogP contribution in [0.1, 0.15) is 35.2 Å². The highest BCUT2D eigenvalue weighted by atomic mass is 35.5. The highest BCUT2D eigenvalue weighted by Crippen LogP contribution is 2.46. The van der Waals surface area contributed by atoms with E-state index in [0.717, 1.165) is 11.1 Å². The number of ether oxygens (including phenoxy) is 3. The van der Waals surface area contributed by atoms with Gasteiger partial charge in [-0.15, -0.1) is 10.2 Å². The molecule has 1 aromatic heterocycles. The van der Waals surface area contributed by atoms with Gasteiger partial charge in [-0.1, -0.05) is 83.2 Å². The monoisotopic (exact) mass is 699 g/mol. The lowest BCUT2D eigenvalue weighted by Crippen LogP contribution is -2.29. The van der Waals surface area contributed by atoms with Crippen molar-refractivity contribution in [2.24, 2.45) is 0 Å². The summed E-state index contributed by atoms with van der Waals surface area (Å²) in [4.78, 5) is 28.8. The van der Waals surface area contributed by atoms with Crippen molar-refractivity contribution in [2.45, 2.75) is 29.7 Å². The van der Waals surface area contributed by atoms with Crippen LogP contribution in [-0.4, -0.2) is 40.7 Å². The van der Waals surface area contributed by atoms with Gasteiger partial charge in [0.1, 0.15) is 18.1 Å². The van der Waals surface area contributed by atoms with Gasteiger partial charge in [-0.25, -0.2) is 0 Å². The molecule has 2 heterocycles. The Morgan fingerprint density at radius 1 is 0.917 bits per heavy atom.